The Morgan fingerprint density at radius 3 is 2.83 bits per heavy atom. The molecular formula is C8H16N2O2. The number of hydrogen-bond donors (Lipinski definition) is 1. The van der Waals surface area contributed by atoms with E-state index < -0.39 is 0 Å². The molecule has 4 nitrogen and oxygen atoms in total. The first-order valence-corrected chi connectivity index (χ1v) is 4.32. The van der Waals surface area contributed by atoms with Crippen LogP contribution in [0.2, 0.25) is 0 Å². The molecule has 0 aromatic heterocycles. The van der Waals surface area contributed by atoms with Crippen LogP contribution in [0.15, 0.2) is 0 Å². The summed E-state index contributed by atoms with van der Waals surface area (Å²) < 4.78 is 5.21. The number of hydrogen-bond acceptors (Lipinski definition) is 3. The van der Waals surface area contributed by atoms with Gasteiger partial charge in [-0.3, -0.25) is 9.69 Å². The maximum Gasteiger partial charge on any atom is 0.207 e. The Balaban J connectivity index is 2.15. The Morgan fingerprint density at radius 2 is 2.25 bits per heavy atom. The highest BCUT2D eigenvalue weighted by Gasteiger charge is 2.12. The molecule has 70 valence electrons. The molecule has 1 atom stereocenters. The smallest absolute Gasteiger partial charge is 0.207 e. The molecule has 1 rings (SSSR count). The monoisotopic (exact) mass is 172 g/mol. The second-order valence-electron chi connectivity index (χ2n) is 3.10. The second-order valence-corrected chi connectivity index (χ2v) is 3.10. The highest BCUT2D eigenvalue weighted by Crippen LogP contribution is 1.97. The number of carbonyl (C=O) groups is 1. The summed E-state index contributed by atoms with van der Waals surface area (Å²) in [5.74, 6) is 0. The van der Waals surface area contributed by atoms with Gasteiger partial charge in [-0.05, 0) is 6.92 Å². The quantitative estimate of drug-likeness (QED) is 0.579. The molecule has 1 aliphatic heterocycles. The molecule has 0 saturated carbocycles. The standard InChI is InChI=1S/C8H16N2O2/c1-8(9-7-11)6-10-2-4-12-5-3-10/h7-8H,2-6H2,1H3,(H,9,11)/t8-/m0/s1. The normalized spacial score (nSPS) is 21.8. The van der Waals surface area contributed by atoms with Gasteiger partial charge in [-0.1, -0.05) is 0 Å². The van der Waals surface area contributed by atoms with Crippen molar-refractivity contribution in [3.8, 4) is 0 Å². The predicted octanol–water partition coefficient (Wildman–Crippen LogP) is -0.547. The molecule has 1 N–H and O–H groups in total. The van der Waals surface area contributed by atoms with Crippen LogP contribution >= 0.6 is 0 Å². The molecule has 0 spiro atoms. The van der Waals surface area contributed by atoms with Crippen molar-refractivity contribution in [2.75, 3.05) is 32.8 Å². The maximum absolute atomic E-state index is 10.1. The van der Waals surface area contributed by atoms with Crippen molar-refractivity contribution in [2.24, 2.45) is 0 Å². The Bertz CT molecular complexity index is 135. The van der Waals surface area contributed by atoms with Crippen molar-refractivity contribution in [3.05, 3.63) is 0 Å². The van der Waals surface area contributed by atoms with Crippen LogP contribution in [0.3, 0.4) is 0 Å². The molecule has 1 amide bonds. The van der Waals surface area contributed by atoms with E-state index in [-0.39, 0.29) is 6.04 Å². The highest BCUT2D eigenvalue weighted by molar-refractivity contribution is 5.46. The number of rotatable bonds is 4. The van der Waals surface area contributed by atoms with Gasteiger partial charge in [-0.25, -0.2) is 0 Å². The molecular weight excluding hydrogens is 156 g/mol. The minimum atomic E-state index is 0.237. The fourth-order valence-corrected chi connectivity index (χ4v) is 1.34. The zero-order chi connectivity index (χ0) is 8.81. The van der Waals surface area contributed by atoms with Gasteiger partial charge >= 0.3 is 0 Å². The first-order chi connectivity index (χ1) is 5.83. The number of amides is 1. The molecule has 1 heterocycles. The maximum atomic E-state index is 10.1. The van der Waals surface area contributed by atoms with Gasteiger partial charge in [-0.2, -0.15) is 0 Å². The first-order valence-electron chi connectivity index (χ1n) is 4.32. The van der Waals surface area contributed by atoms with Gasteiger partial charge in [0.2, 0.25) is 6.41 Å². The highest BCUT2D eigenvalue weighted by atomic mass is 16.5. The second kappa shape index (κ2) is 5.11. The zero-order valence-corrected chi connectivity index (χ0v) is 7.45. The molecule has 1 aliphatic rings. The molecule has 0 aliphatic carbocycles. The molecule has 1 saturated heterocycles. The summed E-state index contributed by atoms with van der Waals surface area (Å²) in [4.78, 5) is 12.4. The van der Waals surface area contributed by atoms with Crippen molar-refractivity contribution in [1.82, 2.24) is 10.2 Å². The SMILES string of the molecule is C[C@@H](CN1CCOCC1)NC=O. The summed E-state index contributed by atoms with van der Waals surface area (Å²) in [6.45, 7) is 6.50. The molecule has 1 fully saturated rings. The van der Waals surface area contributed by atoms with E-state index in [0.717, 1.165) is 39.3 Å². The summed E-state index contributed by atoms with van der Waals surface area (Å²) in [6, 6.07) is 0.237. The minimum Gasteiger partial charge on any atom is -0.379 e. The van der Waals surface area contributed by atoms with Crippen LogP contribution in [0.1, 0.15) is 6.92 Å². The average molecular weight is 172 g/mol. The van der Waals surface area contributed by atoms with Crippen LogP contribution in [0.5, 0.6) is 0 Å². The minimum absolute atomic E-state index is 0.237. The summed E-state index contributed by atoms with van der Waals surface area (Å²) in [5, 5.41) is 2.73. The molecule has 0 radical (unpaired) electrons. The topological polar surface area (TPSA) is 41.6 Å². The van der Waals surface area contributed by atoms with Crippen LogP contribution in [0.25, 0.3) is 0 Å². The lowest BCUT2D eigenvalue weighted by molar-refractivity contribution is -0.110. The van der Waals surface area contributed by atoms with E-state index in [1.807, 2.05) is 6.92 Å². The molecule has 0 bridgehead atoms. The third-order valence-corrected chi connectivity index (χ3v) is 1.99. The average Bonchev–Trinajstić information content (AvgIpc) is 2.06. The lowest BCUT2D eigenvalue weighted by Gasteiger charge is -2.28. The largest absolute Gasteiger partial charge is 0.379 e. The van der Waals surface area contributed by atoms with Gasteiger partial charge in [0.15, 0.2) is 0 Å². The van der Waals surface area contributed by atoms with E-state index in [0.29, 0.717) is 0 Å². The third kappa shape index (κ3) is 3.19. The van der Waals surface area contributed by atoms with Crippen molar-refractivity contribution in [3.63, 3.8) is 0 Å². The first kappa shape index (κ1) is 9.48. The van der Waals surface area contributed by atoms with Crippen molar-refractivity contribution in [2.45, 2.75) is 13.0 Å². The zero-order valence-electron chi connectivity index (χ0n) is 7.45. The van der Waals surface area contributed by atoms with Gasteiger partial charge in [0.05, 0.1) is 13.2 Å². The van der Waals surface area contributed by atoms with Crippen LogP contribution in [0.4, 0.5) is 0 Å². The fourth-order valence-electron chi connectivity index (χ4n) is 1.34. The van der Waals surface area contributed by atoms with E-state index in [2.05, 4.69) is 10.2 Å². The van der Waals surface area contributed by atoms with Crippen molar-refractivity contribution < 1.29 is 9.53 Å². The van der Waals surface area contributed by atoms with Gasteiger partial charge in [-0.15, -0.1) is 0 Å². The van der Waals surface area contributed by atoms with Crippen molar-refractivity contribution in [1.29, 1.82) is 0 Å². The number of morpholine rings is 1. The lowest BCUT2D eigenvalue weighted by Crippen LogP contribution is -2.44. The summed E-state index contributed by atoms with van der Waals surface area (Å²) in [7, 11) is 0. The molecule has 0 aromatic carbocycles. The molecule has 0 aromatic rings. The Morgan fingerprint density at radius 1 is 1.58 bits per heavy atom. The van der Waals surface area contributed by atoms with Crippen LogP contribution in [-0.2, 0) is 9.53 Å². The van der Waals surface area contributed by atoms with E-state index in [1.54, 1.807) is 0 Å². The van der Waals surface area contributed by atoms with Gasteiger partial charge in [0.25, 0.3) is 0 Å². The lowest BCUT2D eigenvalue weighted by atomic mass is 10.3. The van der Waals surface area contributed by atoms with Crippen LogP contribution < -0.4 is 5.32 Å². The van der Waals surface area contributed by atoms with E-state index in [9.17, 15) is 4.79 Å². The van der Waals surface area contributed by atoms with Crippen LogP contribution in [-0.4, -0.2) is 50.2 Å². The Labute approximate surface area is 72.9 Å². The fraction of sp³-hybridized carbons (Fsp3) is 0.875. The van der Waals surface area contributed by atoms with E-state index >= 15 is 0 Å². The van der Waals surface area contributed by atoms with E-state index in [1.165, 1.54) is 0 Å². The number of carbonyl (C=O) groups excluding carboxylic acids is 1. The number of nitrogens with one attached hydrogen (secondary N) is 1. The van der Waals surface area contributed by atoms with Crippen LogP contribution in [0, 0.1) is 0 Å². The van der Waals surface area contributed by atoms with E-state index in [4.69, 9.17) is 4.74 Å². The predicted molar refractivity (Wildman–Crippen MR) is 45.9 cm³/mol. The summed E-state index contributed by atoms with van der Waals surface area (Å²) in [6.07, 6.45) is 0.755. The Hall–Kier alpha value is -0.610. The number of ether oxygens (including phenoxy) is 1. The third-order valence-electron chi connectivity index (χ3n) is 1.99. The molecule has 12 heavy (non-hydrogen) atoms. The van der Waals surface area contributed by atoms with Crippen molar-refractivity contribution >= 4 is 6.41 Å². The molecule has 4 heteroatoms. The van der Waals surface area contributed by atoms with Gasteiger partial charge < -0.3 is 10.1 Å². The molecule has 0 unspecified atom stereocenters. The summed E-state index contributed by atoms with van der Waals surface area (Å²) in [5.41, 5.74) is 0. The van der Waals surface area contributed by atoms with Gasteiger partial charge in [0, 0.05) is 25.7 Å². The summed E-state index contributed by atoms with van der Waals surface area (Å²) >= 11 is 0. The number of nitrogens with zero attached hydrogens (tertiary/aromatic N) is 1. The Kier molecular flexibility index (Phi) is 4.04. The van der Waals surface area contributed by atoms with Gasteiger partial charge in [0.1, 0.15) is 0 Å².